The lowest BCUT2D eigenvalue weighted by molar-refractivity contribution is -0.141. The topological polar surface area (TPSA) is 183 Å². The standard InChI is InChI=1S/C56H66N6O8S2/c1-34-22-27-71-51(34)40-18-16-39(17-19-40)35(2)58-54(65)48-30-42(63)33-62(48)55(66)52(56(5,6)7)60-72-69-26-13-24-67-23-11-12-25-68-43-20-21-46-44(31-43)50-45(53(57)64)28-41(49-36(3)59-70-37(49)4)29-47(50)61(46)32-38-14-9-8-10-15-38/h8-10,14-22,27-29,31,35,42,48,52,60,63H,11-13,23-26,30,32-33H2,1-7H3,(H2,57,64)(H,58,65)/t35-,42+,48-,52+/m0/s1. The molecule has 16 heteroatoms. The normalized spacial score (nSPS) is 15.9. The summed E-state index contributed by atoms with van der Waals surface area (Å²) in [5.41, 5.74) is 14.7. The number of aliphatic hydroxyl groups excluding tert-OH is 1. The summed E-state index contributed by atoms with van der Waals surface area (Å²) in [6.45, 7) is 16.3. The van der Waals surface area contributed by atoms with E-state index in [2.05, 4.69) is 68.5 Å². The largest absolute Gasteiger partial charge is 0.494 e. The van der Waals surface area contributed by atoms with E-state index in [4.69, 9.17) is 23.9 Å². The third-order valence-electron chi connectivity index (χ3n) is 13.3. The Morgan fingerprint density at radius 3 is 2.36 bits per heavy atom. The van der Waals surface area contributed by atoms with Crippen LogP contribution in [-0.2, 0) is 25.1 Å². The molecule has 14 nitrogen and oxygen atoms in total. The molecule has 4 heterocycles. The van der Waals surface area contributed by atoms with Crippen molar-refractivity contribution in [1.29, 1.82) is 0 Å². The number of aliphatic hydroxyl groups is 1. The Balaban J connectivity index is 0.782. The van der Waals surface area contributed by atoms with Crippen LogP contribution >= 0.6 is 23.6 Å². The summed E-state index contributed by atoms with van der Waals surface area (Å²) < 4.78 is 28.9. The Morgan fingerprint density at radius 2 is 1.67 bits per heavy atom. The van der Waals surface area contributed by atoms with E-state index in [9.17, 15) is 19.5 Å². The molecule has 3 amide bonds. The quantitative estimate of drug-likeness (QED) is 0.0288. The van der Waals surface area contributed by atoms with Crippen LogP contribution in [0.3, 0.4) is 0 Å². The van der Waals surface area contributed by atoms with Crippen molar-refractivity contribution < 1.29 is 37.7 Å². The molecule has 8 rings (SSSR count). The minimum absolute atomic E-state index is 0.0765. The van der Waals surface area contributed by atoms with Gasteiger partial charge in [-0.1, -0.05) is 80.5 Å². The fourth-order valence-corrected chi connectivity index (χ4v) is 11.2. The molecule has 7 aromatic rings. The van der Waals surface area contributed by atoms with Crippen LogP contribution in [0.1, 0.15) is 97.9 Å². The lowest BCUT2D eigenvalue weighted by Crippen LogP contribution is -2.55. The van der Waals surface area contributed by atoms with Gasteiger partial charge in [-0.2, -0.15) is 0 Å². The van der Waals surface area contributed by atoms with Gasteiger partial charge < -0.3 is 43.8 Å². The number of nitrogens with zero attached hydrogens (tertiary/aromatic N) is 3. The van der Waals surface area contributed by atoms with Crippen LogP contribution in [0.4, 0.5) is 0 Å². The SMILES string of the molecule is Cc1ccsc1-c1ccc([C@H](C)NC(=O)[C@@H]2C[C@@H](O)CN2C(=O)[C@@H](NSOCCCOCCCCOc2ccc3c(c2)c2c(C(N)=O)cc(-c4c(C)noc4C)cc2n3Cc2ccccc2)C(C)(C)C)cc1. The Hall–Kier alpha value is -6.01. The highest BCUT2D eigenvalue weighted by Gasteiger charge is 2.44. The van der Waals surface area contributed by atoms with Crippen LogP contribution in [0, 0.1) is 26.2 Å². The van der Waals surface area contributed by atoms with Crippen molar-refractivity contribution in [1.82, 2.24) is 24.7 Å². The number of likely N-dealkylation sites (tertiary alicyclic amines) is 1. The van der Waals surface area contributed by atoms with Gasteiger partial charge >= 0.3 is 0 Å². The maximum absolute atomic E-state index is 14.1. The molecular formula is C56H66N6O8S2. The highest BCUT2D eigenvalue weighted by molar-refractivity contribution is 7.92. The molecule has 1 fully saturated rings. The van der Waals surface area contributed by atoms with Crippen LogP contribution in [-0.4, -0.2) is 88.6 Å². The highest BCUT2D eigenvalue weighted by atomic mass is 32.2. The Kier molecular flexibility index (Phi) is 16.9. The van der Waals surface area contributed by atoms with Gasteiger partial charge in [-0.15, -0.1) is 11.3 Å². The van der Waals surface area contributed by atoms with E-state index in [1.807, 2.05) is 96.1 Å². The number of aromatic nitrogens is 2. The van der Waals surface area contributed by atoms with Crippen LogP contribution in [0.25, 0.3) is 43.4 Å². The molecule has 0 radical (unpaired) electrons. The van der Waals surface area contributed by atoms with E-state index >= 15 is 0 Å². The Bertz CT molecular complexity index is 2980. The molecule has 4 atom stereocenters. The van der Waals surface area contributed by atoms with Crippen molar-refractivity contribution >= 4 is 63.1 Å². The molecule has 1 saturated heterocycles. The van der Waals surface area contributed by atoms with Crippen LogP contribution in [0.15, 0.2) is 101 Å². The number of ether oxygens (including phenoxy) is 2. The summed E-state index contributed by atoms with van der Waals surface area (Å²) in [4.78, 5) is 43.6. The predicted octanol–water partition coefficient (Wildman–Crippen LogP) is 10.2. The number of hydrogen-bond acceptors (Lipinski definition) is 12. The second-order valence-corrected chi connectivity index (χ2v) is 21.3. The van der Waals surface area contributed by atoms with Gasteiger partial charge in [0.15, 0.2) is 0 Å². The lowest BCUT2D eigenvalue weighted by atomic mass is 9.86. The number of hydrogen-bond donors (Lipinski definition) is 4. The molecule has 380 valence electrons. The number of benzene rings is 4. The number of unbranched alkanes of at least 4 members (excludes halogenated alkanes) is 1. The zero-order valence-corrected chi connectivity index (χ0v) is 43.8. The number of β-amino-alcohol motifs (C(OH)–C–C–N with tert-alkyl or cyclic N) is 1. The molecule has 1 aliphatic rings. The van der Waals surface area contributed by atoms with E-state index < -0.39 is 29.5 Å². The van der Waals surface area contributed by atoms with E-state index in [0.29, 0.717) is 56.5 Å². The van der Waals surface area contributed by atoms with Crippen molar-refractivity contribution in [2.24, 2.45) is 11.1 Å². The first-order valence-corrected chi connectivity index (χ1v) is 26.3. The molecule has 0 saturated carbocycles. The van der Waals surface area contributed by atoms with E-state index in [0.717, 1.165) is 80.4 Å². The maximum atomic E-state index is 14.1. The molecule has 5 N–H and O–H groups in total. The monoisotopic (exact) mass is 1010 g/mol. The first-order valence-electron chi connectivity index (χ1n) is 24.6. The van der Waals surface area contributed by atoms with Gasteiger partial charge in [0, 0.05) is 65.0 Å². The number of carbonyl (C=O) groups excluding carboxylic acids is 3. The minimum atomic E-state index is -0.804. The molecule has 1 aliphatic heterocycles. The molecule has 72 heavy (non-hydrogen) atoms. The summed E-state index contributed by atoms with van der Waals surface area (Å²) >= 11 is 2.71. The van der Waals surface area contributed by atoms with Gasteiger partial charge in [0.1, 0.15) is 23.6 Å². The average Bonchev–Trinajstić information content (AvgIpc) is 4.13. The second-order valence-electron chi connectivity index (χ2n) is 19.8. The molecular weight excluding hydrogens is 949 g/mol. The number of amides is 3. The molecule has 4 aromatic carbocycles. The van der Waals surface area contributed by atoms with Gasteiger partial charge in [-0.25, -0.2) is 4.72 Å². The summed E-state index contributed by atoms with van der Waals surface area (Å²) in [5.74, 6) is 0.283. The van der Waals surface area contributed by atoms with Crippen LogP contribution < -0.4 is 20.5 Å². The number of aryl methyl sites for hydroxylation is 3. The number of nitrogens with one attached hydrogen (secondary N) is 2. The van der Waals surface area contributed by atoms with Crippen molar-refractivity contribution in [3.63, 3.8) is 0 Å². The molecule has 3 aromatic heterocycles. The summed E-state index contributed by atoms with van der Waals surface area (Å²) in [6.07, 6.45) is 1.59. The highest BCUT2D eigenvalue weighted by Crippen LogP contribution is 2.39. The number of carbonyl (C=O) groups is 3. The number of primary amides is 1. The van der Waals surface area contributed by atoms with Crippen molar-refractivity contribution in [2.45, 2.75) is 105 Å². The lowest BCUT2D eigenvalue weighted by Gasteiger charge is -2.35. The van der Waals surface area contributed by atoms with Crippen molar-refractivity contribution in [3.05, 3.63) is 130 Å². The molecule has 0 unspecified atom stereocenters. The zero-order chi connectivity index (χ0) is 51.1. The second kappa shape index (κ2) is 23.2. The Labute approximate surface area is 429 Å². The maximum Gasteiger partial charge on any atom is 0.249 e. The number of nitrogens with two attached hydrogens (primary N) is 1. The van der Waals surface area contributed by atoms with Gasteiger partial charge in [0.2, 0.25) is 17.7 Å². The number of rotatable bonds is 22. The Morgan fingerprint density at radius 1 is 0.917 bits per heavy atom. The van der Waals surface area contributed by atoms with E-state index in [1.165, 1.54) is 15.3 Å². The third-order valence-corrected chi connectivity index (χ3v) is 15.0. The predicted molar refractivity (Wildman–Crippen MR) is 286 cm³/mol. The van der Waals surface area contributed by atoms with Gasteiger partial charge in [-0.3, -0.25) is 14.4 Å². The number of fused-ring (bicyclic) bond motifs is 3. The zero-order valence-electron chi connectivity index (χ0n) is 42.2. The van der Waals surface area contributed by atoms with Crippen LogP contribution in [0.2, 0.25) is 0 Å². The minimum Gasteiger partial charge on any atom is -0.494 e. The fraction of sp³-hybridized carbons (Fsp3) is 0.393. The van der Waals surface area contributed by atoms with Gasteiger partial charge in [-0.05, 0) is 122 Å². The van der Waals surface area contributed by atoms with Crippen molar-refractivity contribution in [2.75, 3.05) is 33.0 Å². The van der Waals surface area contributed by atoms with E-state index in [1.54, 1.807) is 11.3 Å². The smallest absolute Gasteiger partial charge is 0.249 e. The van der Waals surface area contributed by atoms with Gasteiger partial charge in [0.25, 0.3) is 0 Å². The van der Waals surface area contributed by atoms with Crippen molar-refractivity contribution in [3.8, 4) is 27.3 Å². The van der Waals surface area contributed by atoms with Gasteiger partial charge in [0.05, 0.1) is 48.8 Å². The first-order chi connectivity index (χ1) is 34.6. The summed E-state index contributed by atoms with van der Waals surface area (Å²) in [5, 5.41) is 21.6. The average molecular weight is 1020 g/mol. The third kappa shape index (κ3) is 12.1. The van der Waals surface area contributed by atoms with Crippen LogP contribution in [0.5, 0.6) is 5.75 Å². The summed E-state index contributed by atoms with van der Waals surface area (Å²) in [7, 11) is 0. The summed E-state index contributed by atoms with van der Waals surface area (Å²) in [6, 6.07) is 28.6. The first kappa shape index (κ1) is 52.3. The number of thiophene rings is 1. The van der Waals surface area contributed by atoms with E-state index in [-0.39, 0.29) is 30.8 Å². The fourth-order valence-electron chi connectivity index (χ4n) is 9.46. The molecule has 0 aliphatic carbocycles. The molecule has 0 bridgehead atoms. The molecule has 0 spiro atoms.